The van der Waals surface area contributed by atoms with Crippen LogP contribution in [0.5, 0.6) is 0 Å². The normalized spacial score (nSPS) is 24.3. The number of carbonyl (C=O) groups is 3. The van der Waals surface area contributed by atoms with Gasteiger partial charge in [-0.3, -0.25) is 14.9 Å². The molecule has 1 saturated heterocycles. The predicted molar refractivity (Wildman–Crippen MR) is 104 cm³/mol. The lowest BCUT2D eigenvalue weighted by molar-refractivity contribution is -0.902. The monoisotopic (exact) mass is 391 g/mol. The van der Waals surface area contributed by atoms with Crippen LogP contribution in [0.4, 0.5) is 5.88 Å². The highest BCUT2D eigenvalue weighted by Crippen LogP contribution is 2.32. The average Bonchev–Trinajstić information content (AvgIpc) is 2.97. The molecule has 1 amide bonds. The fourth-order valence-corrected chi connectivity index (χ4v) is 4.81. The SMILES string of the molecule is CCOC(=O)c1c(NC(=O)C[NH+]2CC[C@@H]3CCCC[C@@H]3C2)oc(C)c1C(C)=O. The highest BCUT2D eigenvalue weighted by molar-refractivity contribution is 6.10. The van der Waals surface area contributed by atoms with E-state index in [1.165, 1.54) is 43.9 Å². The molecule has 1 aromatic heterocycles. The molecule has 7 nitrogen and oxygen atoms in total. The Kier molecular flexibility index (Phi) is 6.54. The zero-order valence-corrected chi connectivity index (χ0v) is 17.1. The van der Waals surface area contributed by atoms with Gasteiger partial charge in [-0.1, -0.05) is 12.8 Å². The number of carbonyl (C=O) groups excluding carboxylic acids is 3. The van der Waals surface area contributed by atoms with Crippen molar-refractivity contribution in [3.05, 3.63) is 16.9 Å². The Labute approximate surface area is 165 Å². The quantitative estimate of drug-likeness (QED) is 0.572. The van der Waals surface area contributed by atoms with Gasteiger partial charge in [0.05, 0.1) is 25.3 Å². The number of fused-ring (bicyclic) bond motifs is 1. The summed E-state index contributed by atoms with van der Waals surface area (Å²) in [7, 11) is 0. The van der Waals surface area contributed by atoms with Crippen LogP contribution in [0.25, 0.3) is 0 Å². The Balaban J connectivity index is 1.69. The molecule has 2 aliphatic rings. The molecule has 28 heavy (non-hydrogen) atoms. The number of furan rings is 1. The van der Waals surface area contributed by atoms with Crippen LogP contribution in [-0.4, -0.2) is 43.9 Å². The van der Waals surface area contributed by atoms with Gasteiger partial charge in [0.1, 0.15) is 11.3 Å². The van der Waals surface area contributed by atoms with Gasteiger partial charge < -0.3 is 14.1 Å². The van der Waals surface area contributed by atoms with Gasteiger partial charge >= 0.3 is 5.97 Å². The molecule has 2 fully saturated rings. The first-order chi connectivity index (χ1) is 13.4. The minimum atomic E-state index is -0.657. The molecular formula is C21H31N2O5+. The second-order valence-corrected chi connectivity index (χ2v) is 8.04. The third-order valence-electron chi connectivity index (χ3n) is 6.07. The number of anilines is 1. The zero-order valence-electron chi connectivity index (χ0n) is 17.1. The fraction of sp³-hybridized carbons (Fsp3) is 0.667. The van der Waals surface area contributed by atoms with Crippen LogP contribution in [0.3, 0.4) is 0 Å². The molecule has 154 valence electrons. The van der Waals surface area contributed by atoms with E-state index in [9.17, 15) is 14.4 Å². The fourth-order valence-electron chi connectivity index (χ4n) is 4.81. The predicted octanol–water partition coefficient (Wildman–Crippen LogP) is 2.00. The summed E-state index contributed by atoms with van der Waals surface area (Å²) in [6.07, 6.45) is 6.40. The van der Waals surface area contributed by atoms with Crippen LogP contribution in [-0.2, 0) is 9.53 Å². The number of esters is 1. The third-order valence-corrected chi connectivity index (χ3v) is 6.07. The van der Waals surface area contributed by atoms with E-state index in [1.807, 2.05) is 0 Å². The summed E-state index contributed by atoms with van der Waals surface area (Å²) in [5.74, 6) is 0.695. The molecule has 2 N–H and O–H groups in total. The lowest BCUT2D eigenvalue weighted by atomic mass is 9.75. The maximum absolute atomic E-state index is 12.6. The van der Waals surface area contributed by atoms with Crippen molar-refractivity contribution in [1.82, 2.24) is 0 Å². The maximum Gasteiger partial charge on any atom is 0.344 e. The number of ketones is 1. The van der Waals surface area contributed by atoms with Crippen molar-refractivity contribution in [3.63, 3.8) is 0 Å². The van der Waals surface area contributed by atoms with E-state index in [2.05, 4.69) is 5.32 Å². The van der Waals surface area contributed by atoms with Gasteiger partial charge in [-0.2, -0.15) is 0 Å². The molecule has 1 aliphatic carbocycles. The maximum atomic E-state index is 12.6. The number of Topliss-reactive ketones (excluding diaryl/α,β-unsaturated/α-hetero) is 1. The molecule has 0 radical (unpaired) electrons. The number of piperidine rings is 1. The Morgan fingerprint density at radius 3 is 2.54 bits per heavy atom. The molecule has 0 aromatic carbocycles. The standard InChI is InChI=1S/C21H30N2O5/c1-4-27-21(26)19-18(13(2)24)14(3)28-20(19)22-17(25)12-23-10-9-15-7-5-6-8-16(15)11-23/h15-16H,4-12H2,1-3H3,(H,22,25)/p+1/t15-,16+/m0/s1. The number of nitrogens with one attached hydrogen (secondary N) is 2. The first-order valence-electron chi connectivity index (χ1n) is 10.4. The van der Waals surface area contributed by atoms with Crippen molar-refractivity contribution in [2.75, 3.05) is 31.6 Å². The third kappa shape index (κ3) is 4.46. The van der Waals surface area contributed by atoms with Crippen LogP contribution >= 0.6 is 0 Å². The van der Waals surface area contributed by atoms with E-state index in [4.69, 9.17) is 9.15 Å². The Hall–Kier alpha value is -2.15. The summed E-state index contributed by atoms with van der Waals surface area (Å²) in [5.41, 5.74) is 0.185. The van der Waals surface area contributed by atoms with Gasteiger partial charge in [-0.25, -0.2) is 4.79 Å². The van der Waals surface area contributed by atoms with E-state index in [0.717, 1.165) is 24.9 Å². The van der Waals surface area contributed by atoms with Gasteiger partial charge in [0, 0.05) is 5.92 Å². The van der Waals surface area contributed by atoms with Gasteiger partial charge in [0.25, 0.3) is 5.91 Å². The van der Waals surface area contributed by atoms with Gasteiger partial charge in [-0.05, 0) is 46.0 Å². The van der Waals surface area contributed by atoms with E-state index < -0.39 is 5.97 Å². The van der Waals surface area contributed by atoms with Gasteiger partial charge in [0.2, 0.25) is 5.88 Å². The number of rotatable bonds is 6. The summed E-state index contributed by atoms with van der Waals surface area (Å²) >= 11 is 0. The van der Waals surface area contributed by atoms with E-state index in [1.54, 1.807) is 13.8 Å². The van der Waals surface area contributed by atoms with Gasteiger partial charge in [0.15, 0.2) is 12.3 Å². The molecule has 1 unspecified atom stereocenters. The Morgan fingerprint density at radius 2 is 1.86 bits per heavy atom. The molecule has 3 rings (SSSR count). The molecule has 3 atom stereocenters. The van der Waals surface area contributed by atoms with Crippen LogP contribution in [0.2, 0.25) is 0 Å². The van der Waals surface area contributed by atoms with Crippen molar-refractivity contribution in [3.8, 4) is 0 Å². The Morgan fingerprint density at radius 1 is 1.14 bits per heavy atom. The summed E-state index contributed by atoms with van der Waals surface area (Å²) in [6.45, 7) is 7.19. The molecule has 0 spiro atoms. The first-order valence-corrected chi connectivity index (χ1v) is 10.4. The van der Waals surface area contributed by atoms with E-state index in [-0.39, 0.29) is 35.3 Å². The minimum absolute atomic E-state index is 0.0121. The number of ether oxygens (including phenoxy) is 1. The highest BCUT2D eigenvalue weighted by atomic mass is 16.5. The number of hydrogen-bond donors (Lipinski definition) is 2. The lowest BCUT2D eigenvalue weighted by Crippen LogP contribution is -3.15. The van der Waals surface area contributed by atoms with Gasteiger partial charge in [-0.15, -0.1) is 0 Å². The largest absolute Gasteiger partial charge is 0.462 e. The highest BCUT2D eigenvalue weighted by Gasteiger charge is 2.35. The van der Waals surface area contributed by atoms with Crippen molar-refractivity contribution in [1.29, 1.82) is 0 Å². The van der Waals surface area contributed by atoms with Crippen molar-refractivity contribution < 1.29 is 28.4 Å². The number of aryl methyl sites for hydroxylation is 1. The van der Waals surface area contributed by atoms with Crippen LogP contribution in [0.15, 0.2) is 4.42 Å². The summed E-state index contributed by atoms with van der Waals surface area (Å²) < 4.78 is 10.6. The van der Waals surface area contributed by atoms with Crippen molar-refractivity contribution in [2.45, 2.75) is 52.9 Å². The topological polar surface area (TPSA) is 90.0 Å². The number of amides is 1. The molecule has 0 bridgehead atoms. The number of likely N-dealkylation sites (tertiary alicyclic amines) is 1. The van der Waals surface area contributed by atoms with E-state index in [0.29, 0.717) is 12.3 Å². The van der Waals surface area contributed by atoms with Crippen molar-refractivity contribution >= 4 is 23.5 Å². The first kappa shape index (κ1) is 20.6. The molecular weight excluding hydrogens is 360 g/mol. The average molecular weight is 391 g/mol. The second-order valence-electron chi connectivity index (χ2n) is 8.04. The summed E-state index contributed by atoms with van der Waals surface area (Å²) in [6, 6.07) is 0. The Bertz CT molecular complexity index is 754. The van der Waals surface area contributed by atoms with Crippen LogP contribution < -0.4 is 10.2 Å². The second kappa shape index (κ2) is 8.90. The summed E-state index contributed by atoms with van der Waals surface area (Å²) in [5, 5.41) is 2.71. The lowest BCUT2D eigenvalue weighted by Gasteiger charge is -2.38. The van der Waals surface area contributed by atoms with Crippen LogP contribution in [0.1, 0.15) is 72.4 Å². The number of hydrogen-bond acceptors (Lipinski definition) is 5. The molecule has 1 saturated carbocycles. The van der Waals surface area contributed by atoms with E-state index >= 15 is 0 Å². The zero-order chi connectivity index (χ0) is 20.3. The molecule has 1 aromatic rings. The summed E-state index contributed by atoms with van der Waals surface area (Å²) in [4.78, 5) is 38.2. The minimum Gasteiger partial charge on any atom is -0.462 e. The molecule has 1 aliphatic heterocycles. The molecule has 7 heteroatoms. The molecule has 2 heterocycles. The van der Waals surface area contributed by atoms with Crippen molar-refractivity contribution in [2.24, 2.45) is 11.8 Å². The smallest absolute Gasteiger partial charge is 0.344 e. The van der Waals surface area contributed by atoms with Crippen LogP contribution in [0, 0.1) is 18.8 Å². The number of quaternary nitrogens is 1.